The Bertz CT molecular complexity index is 702. The maximum Gasteiger partial charge on any atom is 0.255 e. The second-order valence-electron chi connectivity index (χ2n) is 5.14. The van der Waals surface area contributed by atoms with Crippen LogP contribution in [0.15, 0.2) is 42.6 Å². The summed E-state index contributed by atoms with van der Waals surface area (Å²) in [5.74, 6) is -0.258. The second kappa shape index (κ2) is 5.94. The molecule has 2 aromatic rings. The summed E-state index contributed by atoms with van der Waals surface area (Å²) in [6.45, 7) is 3.69. The summed E-state index contributed by atoms with van der Waals surface area (Å²) in [5, 5.41) is 12.1. The van der Waals surface area contributed by atoms with Gasteiger partial charge in [-0.3, -0.25) is 4.79 Å². The summed E-state index contributed by atoms with van der Waals surface area (Å²) >= 11 is 5.76. The molecule has 0 bridgehead atoms. The minimum Gasteiger partial charge on any atom is -0.322 e. The molecule has 4 nitrogen and oxygen atoms in total. The van der Waals surface area contributed by atoms with Gasteiger partial charge in [-0.1, -0.05) is 23.7 Å². The maximum atomic E-state index is 12.1. The Kier molecular flexibility index (Phi) is 4.25. The third kappa shape index (κ3) is 3.59. The molecule has 1 aromatic heterocycles. The number of carbonyl (C=O) groups is 1. The van der Waals surface area contributed by atoms with E-state index in [9.17, 15) is 4.79 Å². The highest BCUT2D eigenvalue weighted by atomic mass is 35.5. The molecule has 0 aliphatic rings. The number of aromatic nitrogens is 1. The molecule has 5 heteroatoms. The molecule has 0 atom stereocenters. The molecule has 0 aliphatic heterocycles. The molecule has 0 aliphatic carbocycles. The summed E-state index contributed by atoms with van der Waals surface area (Å²) in [4.78, 5) is 15.9. The number of nitrogens with zero attached hydrogens (tertiary/aromatic N) is 2. The average Bonchev–Trinajstić information content (AvgIpc) is 2.48. The van der Waals surface area contributed by atoms with E-state index < -0.39 is 5.41 Å². The van der Waals surface area contributed by atoms with Crippen molar-refractivity contribution in [2.75, 3.05) is 5.32 Å². The highest BCUT2D eigenvalue weighted by molar-refractivity contribution is 6.29. The highest BCUT2D eigenvalue weighted by Gasteiger charge is 2.19. The first-order valence-corrected chi connectivity index (χ1v) is 6.75. The van der Waals surface area contributed by atoms with Crippen molar-refractivity contribution in [1.29, 1.82) is 5.26 Å². The molecule has 0 unspecified atom stereocenters. The molecule has 1 amide bonds. The Morgan fingerprint density at radius 1 is 1.29 bits per heavy atom. The number of nitrogens with one attached hydrogen (secondary N) is 1. The van der Waals surface area contributed by atoms with Gasteiger partial charge >= 0.3 is 0 Å². The summed E-state index contributed by atoms with van der Waals surface area (Å²) in [7, 11) is 0. The van der Waals surface area contributed by atoms with Gasteiger partial charge in [0.05, 0.1) is 11.5 Å². The number of pyridine rings is 1. The standard InChI is InChI=1S/C16H14ClN3O/c1-16(2,10-18)12-3-5-13(6-4-12)20-15(21)11-7-8-19-14(17)9-11/h3-9H,1-2H3,(H,20,21). The van der Waals surface area contributed by atoms with Crippen molar-refractivity contribution in [2.24, 2.45) is 0 Å². The Hall–Kier alpha value is -2.38. The molecule has 21 heavy (non-hydrogen) atoms. The van der Waals surface area contributed by atoms with Crippen molar-refractivity contribution in [3.8, 4) is 6.07 Å². The highest BCUT2D eigenvalue weighted by Crippen LogP contribution is 2.23. The van der Waals surface area contributed by atoms with Crippen LogP contribution in [-0.2, 0) is 5.41 Å². The molecule has 0 saturated carbocycles. The van der Waals surface area contributed by atoms with Crippen LogP contribution in [0.5, 0.6) is 0 Å². The first-order valence-electron chi connectivity index (χ1n) is 6.37. The fraction of sp³-hybridized carbons (Fsp3) is 0.188. The van der Waals surface area contributed by atoms with Gasteiger partial charge < -0.3 is 5.32 Å². The van der Waals surface area contributed by atoms with Crippen LogP contribution in [0.3, 0.4) is 0 Å². The minimum atomic E-state index is -0.554. The molecule has 0 saturated heterocycles. The molecule has 0 fully saturated rings. The lowest BCUT2D eigenvalue weighted by Gasteiger charge is -2.16. The Labute approximate surface area is 128 Å². The molecule has 106 valence electrons. The third-order valence-electron chi connectivity index (χ3n) is 3.13. The van der Waals surface area contributed by atoms with E-state index in [2.05, 4.69) is 16.4 Å². The number of hydrogen-bond acceptors (Lipinski definition) is 3. The van der Waals surface area contributed by atoms with E-state index in [1.807, 2.05) is 26.0 Å². The van der Waals surface area contributed by atoms with Crippen LogP contribution >= 0.6 is 11.6 Å². The molecular weight excluding hydrogens is 286 g/mol. The van der Waals surface area contributed by atoms with E-state index in [-0.39, 0.29) is 11.1 Å². The predicted octanol–water partition coefficient (Wildman–Crippen LogP) is 3.79. The molecule has 0 spiro atoms. The zero-order chi connectivity index (χ0) is 15.5. The SMILES string of the molecule is CC(C)(C#N)c1ccc(NC(=O)c2ccnc(Cl)c2)cc1. The van der Waals surface area contributed by atoms with Gasteiger partial charge in [-0.05, 0) is 43.7 Å². The zero-order valence-corrected chi connectivity index (χ0v) is 12.5. The fourth-order valence-electron chi connectivity index (χ4n) is 1.78. The van der Waals surface area contributed by atoms with Crippen LogP contribution in [0.25, 0.3) is 0 Å². The molecule has 1 heterocycles. The van der Waals surface area contributed by atoms with Gasteiger partial charge in [0, 0.05) is 17.4 Å². The summed E-state index contributed by atoms with van der Waals surface area (Å²) in [6.07, 6.45) is 1.48. The lowest BCUT2D eigenvalue weighted by molar-refractivity contribution is 0.102. The van der Waals surface area contributed by atoms with E-state index in [1.165, 1.54) is 12.3 Å². The zero-order valence-electron chi connectivity index (χ0n) is 11.7. The van der Waals surface area contributed by atoms with Gasteiger partial charge in [0.25, 0.3) is 5.91 Å². The molecule has 1 aromatic carbocycles. The van der Waals surface area contributed by atoms with Crippen LogP contribution in [0, 0.1) is 11.3 Å². The molecule has 1 N–H and O–H groups in total. The van der Waals surface area contributed by atoms with Gasteiger partial charge in [-0.15, -0.1) is 0 Å². The van der Waals surface area contributed by atoms with Crippen molar-refractivity contribution < 1.29 is 4.79 Å². The summed E-state index contributed by atoms with van der Waals surface area (Å²) in [5.41, 5.74) is 1.44. The fourth-order valence-corrected chi connectivity index (χ4v) is 1.96. The maximum absolute atomic E-state index is 12.1. The van der Waals surface area contributed by atoms with E-state index in [1.54, 1.807) is 18.2 Å². The van der Waals surface area contributed by atoms with Crippen molar-refractivity contribution in [3.63, 3.8) is 0 Å². The lowest BCUT2D eigenvalue weighted by atomic mass is 9.86. The van der Waals surface area contributed by atoms with Gasteiger partial charge in [-0.2, -0.15) is 5.26 Å². The summed E-state index contributed by atoms with van der Waals surface area (Å²) < 4.78 is 0. The molecule has 0 radical (unpaired) electrons. The third-order valence-corrected chi connectivity index (χ3v) is 3.34. The van der Waals surface area contributed by atoms with Crippen molar-refractivity contribution in [1.82, 2.24) is 4.98 Å². The van der Waals surface area contributed by atoms with E-state index in [0.29, 0.717) is 11.3 Å². The lowest BCUT2D eigenvalue weighted by Crippen LogP contribution is -2.15. The van der Waals surface area contributed by atoms with Crippen LogP contribution < -0.4 is 5.32 Å². The molecular formula is C16H14ClN3O. The normalized spacial score (nSPS) is 10.8. The monoisotopic (exact) mass is 299 g/mol. The number of benzene rings is 1. The number of hydrogen-bond donors (Lipinski definition) is 1. The number of rotatable bonds is 3. The van der Waals surface area contributed by atoms with E-state index in [4.69, 9.17) is 16.9 Å². The van der Waals surface area contributed by atoms with Crippen LogP contribution in [-0.4, -0.2) is 10.9 Å². The van der Waals surface area contributed by atoms with Crippen molar-refractivity contribution >= 4 is 23.2 Å². The Morgan fingerprint density at radius 3 is 2.52 bits per heavy atom. The quantitative estimate of drug-likeness (QED) is 0.877. The van der Waals surface area contributed by atoms with Crippen LogP contribution in [0.4, 0.5) is 5.69 Å². The number of anilines is 1. The number of nitriles is 1. The van der Waals surface area contributed by atoms with Gasteiger partial charge in [0.15, 0.2) is 0 Å². The first-order chi connectivity index (χ1) is 9.92. The topological polar surface area (TPSA) is 65.8 Å². The average molecular weight is 300 g/mol. The molecule has 2 rings (SSSR count). The van der Waals surface area contributed by atoms with Gasteiger partial charge in [0.1, 0.15) is 5.15 Å². The first kappa shape index (κ1) is 15.0. The smallest absolute Gasteiger partial charge is 0.255 e. The summed E-state index contributed by atoms with van der Waals surface area (Å²) in [6, 6.07) is 12.5. The van der Waals surface area contributed by atoms with Crippen LogP contribution in [0.2, 0.25) is 5.15 Å². The van der Waals surface area contributed by atoms with Crippen molar-refractivity contribution in [2.45, 2.75) is 19.3 Å². The van der Waals surface area contributed by atoms with Crippen LogP contribution in [0.1, 0.15) is 29.8 Å². The Balaban J connectivity index is 2.14. The number of carbonyl (C=O) groups excluding carboxylic acids is 1. The Morgan fingerprint density at radius 2 is 1.95 bits per heavy atom. The predicted molar refractivity (Wildman–Crippen MR) is 82.3 cm³/mol. The van der Waals surface area contributed by atoms with Crippen molar-refractivity contribution in [3.05, 3.63) is 58.9 Å². The largest absolute Gasteiger partial charge is 0.322 e. The number of amides is 1. The van der Waals surface area contributed by atoms with Gasteiger partial charge in [-0.25, -0.2) is 4.98 Å². The van der Waals surface area contributed by atoms with E-state index >= 15 is 0 Å². The van der Waals surface area contributed by atoms with Gasteiger partial charge in [0.2, 0.25) is 0 Å². The second-order valence-corrected chi connectivity index (χ2v) is 5.52. The number of halogens is 1. The van der Waals surface area contributed by atoms with E-state index in [0.717, 1.165) is 5.56 Å². The minimum absolute atomic E-state index is 0.258.